The van der Waals surface area contributed by atoms with E-state index in [2.05, 4.69) is 46.3 Å². The van der Waals surface area contributed by atoms with Crippen LogP contribution in [0.5, 0.6) is 0 Å². The normalized spacial score (nSPS) is 16.0. The van der Waals surface area contributed by atoms with Gasteiger partial charge in [-0.15, -0.1) is 0 Å². The Labute approximate surface area is 133 Å². The molecule has 21 heavy (non-hydrogen) atoms. The van der Waals surface area contributed by atoms with Gasteiger partial charge in [-0.3, -0.25) is 4.90 Å². The second-order valence-corrected chi connectivity index (χ2v) is 5.86. The van der Waals surface area contributed by atoms with Gasteiger partial charge in [-0.05, 0) is 24.7 Å². The molecule has 1 aliphatic heterocycles. The molecule has 0 unspecified atom stereocenters. The molecule has 2 rings (SSSR count). The van der Waals surface area contributed by atoms with Crippen LogP contribution in [0.3, 0.4) is 0 Å². The highest BCUT2D eigenvalue weighted by atomic mass is 32.1. The van der Waals surface area contributed by atoms with E-state index in [0.29, 0.717) is 6.61 Å². The first kappa shape index (κ1) is 16.2. The SMILES string of the molecule is COCCNC(=S)N1CCN(Cc2ccc(C)cc2)CC1. The molecule has 1 aromatic rings. The van der Waals surface area contributed by atoms with Crippen molar-refractivity contribution in [2.45, 2.75) is 13.5 Å². The van der Waals surface area contributed by atoms with E-state index in [1.54, 1.807) is 7.11 Å². The molecule has 5 heteroatoms. The van der Waals surface area contributed by atoms with Gasteiger partial charge in [-0.2, -0.15) is 0 Å². The Bertz CT molecular complexity index is 441. The summed E-state index contributed by atoms with van der Waals surface area (Å²) in [6, 6.07) is 8.80. The van der Waals surface area contributed by atoms with Gasteiger partial charge in [0.15, 0.2) is 5.11 Å². The number of hydrogen-bond acceptors (Lipinski definition) is 3. The Morgan fingerprint density at radius 3 is 2.48 bits per heavy atom. The van der Waals surface area contributed by atoms with Crippen molar-refractivity contribution in [2.75, 3.05) is 46.4 Å². The number of nitrogens with zero attached hydrogens (tertiary/aromatic N) is 2. The molecule has 0 atom stereocenters. The Balaban J connectivity index is 1.72. The Morgan fingerprint density at radius 2 is 1.86 bits per heavy atom. The fraction of sp³-hybridized carbons (Fsp3) is 0.562. The van der Waals surface area contributed by atoms with E-state index in [4.69, 9.17) is 17.0 Å². The molecule has 0 amide bonds. The number of nitrogens with one attached hydrogen (secondary N) is 1. The van der Waals surface area contributed by atoms with Crippen LogP contribution >= 0.6 is 12.2 Å². The zero-order chi connectivity index (χ0) is 15.1. The molecule has 1 aliphatic rings. The summed E-state index contributed by atoms with van der Waals surface area (Å²) in [4.78, 5) is 4.73. The lowest BCUT2D eigenvalue weighted by Crippen LogP contribution is -2.51. The van der Waals surface area contributed by atoms with Crippen molar-refractivity contribution < 1.29 is 4.74 Å². The first-order chi connectivity index (χ1) is 10.2. The molecule has 0 aliphatic carbocycles. The highest BCUT2D eigenvalue weighted by molar-refractivity contribution is 7.80. The van der Waals surface area contributed by atoms with Crippen LogP contribution in [0.2, 0.25) is 0 Å². The smallest absolute Gasteiger partial charge is 0.169 e. The van der Waals surface area contributed by atoms with Crippen LogP contribution < -0.4 is 5.32 Å². The number of methoxy groups -OCH3 is 1. The van der Waals surface area contributed by atoms with Crippen LogP contribution in [-0.2, 0) is 11.3 Å². The van der Waals surface area contributed by atoms with Gasteiger partial charge in [0.1, 0.15) is 0 Å². The van der Waals surface area contributed by atoms with E-state index >= 15 is 0 Å². The van der Waals surface area contributed by atoms with Gasteiger partial charge in [-0.25, -0.2) is 0 Å². The van der Waals surface area contributed by atoms with Crippen LogP contribution in [0.25, 0.3) is 0 Å². The molecular formula is C16H25N3OS. The number of rotatable bonds is 5. The summed E-state index contributed by atoms with van der Waals surface area (Å²) >= 11 is 5.41. The molecule has 0 spiro atoms. The highest BCUT2D eigenvalue weighted by Gasteiger charge is 2.18. The second kappa shape index (κ2) is 8.32. The Morgan fingerprint density at radius 1 is 1.19 bits per heavy atom. The Hall–Kier alpha value is -1.17. The van der Waals surface area contributed by atoms with Gasteiger partial charge >= 0.3 is 0 Å². The lowest BCUT2D eigenvalue weighted by molar-refractivity contribution is 0.172. The monoisotopic (exact) mass is 307 g/mol. The minimum Gasteiger partial charge on any atom is -0.383 e. The quantitative estimate of drug-likeness (QED) is 0.659. The van der Waals surface area contributed by atoms with Crippen molar-refractivity contribution >= 4 is 17.3 Å². The van der Waals surface area contributed by atoms with Gasteiger partial charge in [0, 0.05) is 46.4 Å². The lowest BCUT2D eigenvalue weighted by atomic mass is 10.1. The summed E-state index contributed by atoms with van der Waals surface area (Å²) in [5.74, 6) is 0. The molecule has 1 N–H and O–H groups in total. The highest BCUT2D eigenvalue weighted by Crippen LogP contribution is 2.10. The zero-order valence-electron chi connectivity index (χ0n) is 13.0. The van der Waals surface area contributed by atoms with E-state index in [9.17, 15) is 0 Å². The van der Waals surface area contributed by atoms with Crippen LogP contribution in [0.15, 0.2) is 24.3 Å². The number of hydrogen-bond donors (Lipinski definition) is 1. The van der Waals surface area contributed by atoms with E-state index in [0.717, 1.165) is 44.4 Å². The number of benzene rings is 1. The topological polar surface area (TPSA) is 27.7 Å². The van der Waals surface area contributed by atoms with Crippen molar-refractivity contribution in [1.29, 1.82) is 0 Å². The molecule has 0 bridgehead atoms. The summed E-state index contributed by atoms with van der Waals surface area (Å²) < 4.78 is 5.02. The molecule has 116 valence electrons. The van der Waals surface area contributed by atoms with Crippen LogP contribution in [0.4, 0.5) is 0 Å². The third kappa shape index (κ3) is 5.26. The van der Waals surface area contributed by atoms with E-state index in [-0.39, 0.29) is 0 Å². The number of aryl methyl sites for hydroxylation is 1. The molecular weight excluding hydrogens is 282 g/mol. The number of thiocarbonyl (C=S) groups is 1. The molecule has 1 fully saturated rings. The standard InChI is InChI=1S/C16H25N3OS/c1-14-3-5-15(6-4-14)13-18-8-10-19(11-9-18)16(21)17-7-12-20-2/h3-6H,7-13H2,1-2H3,(H,17,21). The van der Waals surface area contributed by atoms with E-state index in [1.807, 2.05) is 0 Å². The molecule has 4 nitrogen and oxygen atoms in total. The molecule has 1 saturated heterocycles. The van der Waals surface area contributed by atoms with Crippen LogP contribution in [-0.4, -0.2) is 61.4 Å². The van der Waals surface area contributed by atoms with E-state index < -0.39 is 0 Å². The minimum absolute atomic E-state index is 0.688. The van der Waals surface area contributed by atoms with Gasteiger partial charge in [0.2, 0.25) is 0 Å². The average Bonchev–Trinajstić information content (AvgIpc) is 2.50. The average molecular weight is 307 g/mol. The molecule has 0 aromatic heterocycles. The van der Waals surface area contributed by atoms with E-state index in [1.165, 1.54) is 11.1 Å². The fourth-order valence-electron chi connectivity index (χ4n) is 2.43. The number of ether oxygens (including phenoxy) is 1. The summed E-state index contributed by atoms with van der Waals surface area (Å²) in [6.07, 6.45) is 0. The lowest BCUT2D eigenvalue weighted by Gasteiger charge is -2.36. The minimum atomic E-state index is 0.688. The van der Waals surface area contributed by atoms with Gasteiger partial charge in [0.25, 0.3) is 0 Å². The second-order valence-electron chi connectivity index (χ2n) is 5.47. The molecule has 1 aromatic carbocycles. The molecule has 0 saturated carbocycles. The van der Waals surface area contributed by atoms with Crippen molar-refractivity contribution in [3.63, 3.8) is 0 Å². The summed E-state index contributed by atoms with van der Waals surface area (Å²) in [7, 11) is 1.70. The maximum Gasteiger partial charge on any atom is 0.169 e. The van der Waals surface area contributed by atoms with Crippen molar-refractivity contribution in [3.05, 3.63) is 35.4 Å². The maximum absolute atomic E-state index is 5.41. The predicted molar refractivity (Wildman–Crippen MR) is 90.5 cm³/mol. The summed E-state index contributed by atoms with van der Waals surface area (Å²) in [5.41, 5.74) is 2.70. The summed E-state index contributed by atoms with van der Waals surface area (Å²) in [6.45, 7) is 8.71. The third-order valence-corrected chi connectivity index (χ3v) is 4.17. The van der Waals surface area contributed by atoms with Gasteiger partial charge in [0.05, 0.1) is 6.61 Å². The predicted octanol–water partition coefficient (Wildman–Crippen LogP) is 1.63. The first-order valence-corrected chi connectivity index (χ1v) is 7.89. The summed E-state index contributed by atoms with van der Waals surface area (Å²) in [5, 5.41) is 4.09. The van der Waals surface area contributed by atoms with Crippen LogP contribution in [0, 0.1) is 6.92 Å². The van der Waals surface area contributed by atoms with Gasteiger partial charge in [-0.1, -0.05) is 29.8 Å². The molecule has 0 radical (unpaired) electrons. The van der Waals surface area contributed by atoms with Gasteiger partial charge < -0.3 is 15.0 Å². The zero-order valence-corrected chi connectivity index (χ0v) is 13.8. The van der Waals surface area contributed by atoms with Crippen molar-refractivity contribution in [2.24, 2.45) is 0 Å². The number of piperazine rings is 1. The maximum atomic E-state index is 5.41. The Kier molecular flexibility index (Phi) is 6.42. The third-order valence-electron chi connectivity index (χ3n) is 3.77. The fourth-order valence-corrected chi connectivity index (χ4v) is 2.72. The van der Waals surface area contributed by atoms with Crippen molar-refractivity contribution in [1.82, 2.24) is 15.1 Å². The molecule has 1 heterocycles. The van der Waals surface area contributed by atoms with Crippen molar-refractivity contribution in [3.8, 4) is 0 Å². The van der Waals surface area contributed by atoms with Crippen LogP contribution in [0.1, 0.15) is 11.1 Å². The largest absolute Gasteiger partial charge is 0.383 e. The first-order valence-electron chi connectivity index (χ1n) is 7.48.